The molecular weight excluding hydrogens is 454 g/mol. The average Bonchev–Trinajstić information content (AvgIpc) is 3.20. The summed E-state index contributed by atoms with van der Waals surface area (Å²) in [6.07, 6.45) is 4.01. The molecule has 0 aromatic carbocycles. The van der Waals surface area contributed by atoms with Gasteiger partial charge in [0.2, 0.25) is 11.7 Å². The molecule has 2 rings (SSSR count). The molecular formula is C24H37N5O4S. The second-order valence-corrected chi connectivity index (χ2v) is 11.2. The standard InChI is InChI=1S/C24H37N5O4S/c1-16(2)15-18(20(31)21-27-28-23(33-21)34-17(3)4)25-22(32)24(12-8-7-9-13-24)26-19(30)11-10-14-29(5)6/h16-18H,7-9,12-15H2,1-6H3,(H,25,32)(H,26,30). The monoisotopic (exact) mass is 491 g/mol. The molecule has 1 heterocycles. The second-order valence-electron chi connectivity index (χ2n) is 9.70. The third-order valence-corrected chi connectivity index (χ3v) is 6.21. The highest BCUT2D eigenvalue weighted by molar-refractivity contribution is 7.99. The van der Waals surface area contributed by atoms with Gasteiger partial charge in [-0.2, -0.15) is 0 Å². The number of thioether (sulfide) groups is 1. The van der Waals surface area contributed by atoms with Gasteiger partial charge in [0.1, 0.15) is 5.54 Å². The van der Waals surface area contributed by atoms with Gasteiger partial charge in [0, 0.05) is 5.25 Å². The number of nitrogens with one attached hydrogen (secondary N) is 2. The summed E-state index contributed by atoms with van der Waals surface area (Å²) in [6, 6.07) is -0.833. The Balaban J connectivity index is 2.20. The summed E-state index contributed by atoms with van der Waals surface area (Å²) in [5.74, 6) is 4.10. The van der Waals surface area contributed by atoms with Crippen LogP contribution in [-0.4, -0.2) is 70.2 Å². The summed E-state index contributed by atoms with van der Waals surface area (Å²) in [5, 5.41) is 14.1. The van der Waals surface area contributed by atoms with Crippen LogP contribution >= 0.6 is 11.8 Å². The number of ketones is 1. The van der Waals surface area contributed by atoms with Crippen molar-refractivity contribution in [2.45, 2.75) is 88.3 Å². The van der Waals surface area contributed by atoms with Gasteiger partial charge in [-0.3, -0.25) is 19.3 Å². The quantitative estimate of drug-likeness (QED) is 0.291. The van der Waals surface area contributed by atoms with Gasteiger partial charge in [0.25, 0.3) is 17.0 Å². The minimum atomic E-state index is -1.09. The van der Waals surface area contributed by atoms with E-state index in [1.54, 1.807) is 0 Å². The van der Waals surface area contributed by atoms with E-state index >= 15 is 0 Å². The van der Waals surface area contributed by atoms with E-state index in [-0.39, 0.29) is 23.0 Å². The molecule has 1 aliphatic carbocycles. The molecule has 1 unspecified atom stereocenters. The highest BCUT2D eigenvalue weighted by Gasteiger charge is 2.42. The van der Waals surface area contributed by atoms with Crippen LogP contribution in [-0.2, 0) is 9.59 Å². The van der Waals surface area contributed by atoms with Crippen molar-refractivity contribution in [2.75, 3.05) is 20.6 Å². The minimum absolute atomic E-state index is 0.120. The number of amides is 2. The van der Waals surface area contributed by atoms with Crippen LogP contribution in [0.1, 0.15) is 76.9 Å². The molecule has 188 valence electrons. The van der Waals surface area contributed by atoms with E-state index in [0.29, 0.717) is 31.0 Å². The highest BCUT2D eigenvalue weighted by atomic mass is 32.2. The van der Waals surface area contributed by atoms with Gasteiger partial charge in [0.15, 0.2) is 0 Å². The number of aromatic nitrogens is 2. The Morgan fingerprint density at radius 1 is 1.12 bits per heavy atom. The van der Waals surface area contributed by atoms with Crippen molar-refractivity contribution in [3.8, 4) is 11.8 Å². The van der Waals surface area contributed by atoms with Crippen molar-refractivity contribution in [1.82, 2.24) is 25.7 Å². The number of carbonyl (C=O) groups excluding carboxylic acids is 3. The topological polar surface area (TPSA) is 117 Å². The summed E-state index contributed by atoms with van der Waals surface area (Å²) in [5.41, 5.74) is -1.09. The lowest BCUT2D eigenvalue weighted by Crippen LogP contribution is -2.62. The smallest absolute Gasteiger partial charge is 0.296 e. The van der Waals surface area contributed by atoms with E-state index in [1.165, 1.54) is 11.8 Å². The average molecular weight is 492 g/mol. The highest BCUT2D eigenvalue weighted by Crippen LogP contribution is 2.29. The molecule has 0 saturated heterocycles. The van der Waals surface area contributed by atoms with Gasteiger partial charge < -0.3 is 15.1 Å². The van der Waals surface area contributed by atoms with Gasteiger partial charge in [0.05, 0.1) is 12.6 Å². The van der Waals surface area contributed by atoms with Gasteiger partial charge >= 0.3 is 0 Å². The Bertz CT molecular complexity index is 910. The summed E-state index contributed by atoms with van der Waals surface area (Å²) >= 11 is 1.37. The van der Waals surface area contributed by atoms with Crippen LogP contribution in [0.15, 0.2) is 9.64 Å². The molecule has 1 atom stereocenters. The molecule has 1 fully saturated rings. The predicted octanol–water partition coefficient (Wildman–Crippen LogP) is 2.67. The number of rotatable bonds is 10. The molecule has 1 aromatic rings. The maximum absolute atomic E-state index is 13.5. The summed E-state index contributed by atoms with van der Waals surface area (Å²) in [7, 11) is 3.73. The first-order chi connectivity index (χ1) is 16.0. The predicted molar refractivity (Wildman–Crippen MR) is 131 cm³/mol. The molecule has 2 N–H and O–H groups in total. The Hall–Kier alpha value is -2.38. The van der Waals surface area contributed by atoms with Crippen LogP contribution in [0.5, 0.6) is 0 Å². The van der Waals surface area contributed by atoms with Gasteiger partial charge in [-0.25, -0.2) is 0 Å². The van der Waals surface area contributed by atoms with Crippen LogP contribution in [0.3, 0.4) is 0 Å². The normalized spacial score (nSPS) is 16.1. The molecule has 9 nitrogen and oxygen atoms in total. The minimum Gasteiger partial charge on any atom is -0.408 e. The lowest BCUT2D eigenvalue weighted by molar-refractivity contribution is -0.133. The largest absolute Gasteiger partial charge is 0.408 e. The van der Waals surface area contributed by atoms with E-state index in [9.17, 15) is 14.4 Å². The van der Waals surface area contributed by atoms with Crippen molar-refractivity contribution in [1.29, 1.82) is 0 Å². The molecule has 0 radical (unpaired) electrons. The molecule has 0 aliphatic heterocycles. The van der Waals surface area contributed by atoms with Crippen molar-refractivity contribution in [3.05, 3.63) is 5.89 Å². The number of hydrogen-bond acceptors (Lipinski definition) is 8. The summed E-state index contributed by atoms with van der Waals surface area (Å²) in [6.45, 7) is 8.36. The van der Waals surface area contributed by atoms with Crippen LogP contribution in [0.4, 0.5) is 0 Å². The molecule has 10 heteroatoms. The Kier molecular flexibility index (Phi) is 10.6. The van der Waals surface area contributed by atoms with Crippen LogP contribution in [0, 0.1) is 17.8 Å². The zero-order chi connectivity index (χ0) is 25.3. The lowest BCUT2D eigenvalue weighted by atomic mass is 9.80. The van der Waals surface area contributed by atoms with E-state index < -0.39 is 23.3 Å². The van der Waals surface area contributed by atoms with Crippen LogP contribution in [0.25, 0.3) is 0 Å². The van der Waals surface area contributed by atoms with E-state index in [2.05, 4.69) is 32.7 Å². The van der Waals surface area contributed by atoms with Gasteiger partial charge in [-0.15, -0.1) is 10.2 Å². The molecule has 2 amide bonds. The first-order valence-corrected chi connectivity index (χ1v) is 12.7. The van der Waals surface area contributed by atoms with Gasteiger partial charge in [-0.05, 0) is 45.2 Å². The first-order valence-electron chi connectivity index (χ1n) is 11.8. The SMILES string of the molecule is CC(C)CC(NC(=O)C1(NC(=O)C#CCN(C)C)CCCCC1)C(=O)c1nnc(SC(C)C)o1. The number of carbonyl (C=O) groups is 3. The maximum Gasteiger partial charge on any atom is 0.296 e. The molecule has 0 spiro atoms. The molecule has 1 saturated carbocycles. The zero-order valence-corrected chi connectivity index (χ0v) is 21.9. The number of Topliss-reactive ketones (excluding diaryl/α,β-unsaturated/α-hetero) is 1. The van der Waals surface area contributed by atoms with Crippen molar-refractivity contribution < 1.29 is 18.8 Å². The fourth-order valence-corrected chi connectivity index (χ4v) is 4.42. The van der Waals surface area contributed by atoms with E-state index in [1.807, 2.05) is 46.7 Å². The Morgan fingerprint density at radius 3 is 2.38 bits per heavy atom. The number of nitrogens with zero attached hydrogens (tertiary/aromatic N) is 3. The first kappa shape index (κ1) is 27.9. The second kappa shape index (κ2) is 12.9. The molecule has 34 heavy (non-hydrogen) atoms. The Labute approximate surface area is 206 Å². The molecule has 1 aliphatic rings. The van der Waals surface area contributed by atoms with E-state index in [0.717, 1.165) is 19.3 Å². The van der Waals surface area contributed by atoms with E-state index in [4.69, 9.17) is 4.42 Å². The van der Waals surface area contributed by atoms with Crippen molar-refractivity contribution in [2.24, 2.45) is 5.92 Å². The summed E-state index contributed by atoms with van der Waals surface area (Å²) < 4.78 is 5.55. The third-order valence-electron chi connectivity index (χ3n) is 5.37. The fourth-order valence-electron chi connectivity index (χ4n) is 3.80. The van der Waals surface area contributed by atoms with Crippen LogP contribution < -0.4 is 10.6 Å². The Morgan fingerprint density at radius 2 is 1.79 bits per heavy atom. The van der Waals surface area contributed by atoms with Crippen molar-refractivity contribution in [3.63, 3.8) is 0 Å². The zero-order valence-electron chi connectivity index (χ0n) is 21.1. The lowest BCUT2D eigenvalue weighted by Gasteiger charge is -2.37. The van der Waals surface area contributed by atoms with Crippen LogP contribution in [0.2, 0.25) is 0 Å². The fraction of sp³-hybridized carbons (Fsp3) is 0.708. The van der Waals surface area contributed by atoms with Gasteiger partial charge in [-0.1, -0.05) is 64.6 Å². The molecule has 1 aromatic heterocycles. The summed E-state index contributed by atoms with van der Waals surface area (Å²) in [4.78, 5) is 41.1. The molecule has 0 bridgehead atoms. The third kappa shape index (κ3) is 8.44. The maximum atomic E-state index is 13.5. The number of hydrogen-bond donors (Lipinski definition) is 2. The van der Waals surface area contributed by atoms with Crippen molar-refractivity contribution >= 4 is 29.4 Å².